The van der Waals surface area contributed by atoms with Gasteiger partial charge in [-0.2, -0.15) is 0 Å². The van der Waals surface area contributed by atoms with Gasteiger partial charge in [-0.25, -0.2) is 0 Å². The zero-order chi connectivity index (χ0) is 30.7. The van der Waals surface area contributed by atoms with E-state index in [1.54, 1.807) is 19.0 Å². The van der Waals surface area contributed by atoms with Gasteiger partial charge in [0.1, 0.15) is 22.8 Å². The van der Waals surface area contributed by atoms with Crippen molar-refractivity contribution in [2.24, 2.45) is 17.6 Å². The maximum Gasteiger partial charge on any atom is 0.255 e. The summed E-state index contributed by atoms with van der Waals surface area (Å²) >= 11 is 0. The number of ketones is 2. The molecule has 1 amide bonds. The van der Waals surface area contributed by atoms with Crippen molar-refractivity contribution in [3.8, 4) is 5.75 Å². The molecule has 1 saturated heterocycles. The molecule has 0 spiro atoms. The lowest BCUT2D eigenvalue weighted by Gasteiger charge is -2.50. The number of rotatable bonds is 7. The Balaban J connectivity index is 1.61. The van der Waals surface area contributed by atoms with E-state index in [4.69, 9.17) is 5.73 Å². The smallest absolute Gasteiger partial charge is 0.255 e. The number of hydrogen-bond acceptors (Lipinski definition) is 10. The van der Waals surface area contributed by atoms with Gasteiger partial charge >= 0.3 is 0 Å². The van der Waals surface area contributed by atoms with Gasteiger partial charge in [0.15, 0.2) is 11.4 Å². The number of aliphatic hydroxyl groups excluding tert-OH is 2. The van der Waals surface area contributed by atoms with Crippen molar-refractivity contribution in [1.82, 2.24) is 9.80 Å². The molecule has 42 heavy (non-hydrogen) atoms. The molecule has 4 aliphatic rings. The second-order valence-electron chi connectivity index (χ2n) is 12.5. The normalized spacial score (nSPS) is 28.6. The predicted octanol–water partition coefficient (Wildman–Crippen LogP) is 1.82. The number of nitrogens with two attached hydrogens (primary N) is 1. The van der Waals surface area contributed by atoms with Crippen molar-refractivity contribution in [3.05, 3.63) is 45.9 Å². The number of phenolic OH excluding ortho intramolecular Hbond substituents is 1. The van der Waals surface area contributed by atoms with Crippen molar-refractivity contribution in [2.45, 2.75) is 63.1 Å². The minimum Gasteiger partial charge on any atom is -0.510 e. The average Bonchev–Trinajstić information content (AvgIpc) is 2.92. The number of Topliss-reactive ketones (excluding diaryl/α,β-unsaturated/α-hetero) is 2. The molecule has 11 heteroatoms. The molecular weight excluding hydrogens is 540 g/mol. The molecular formula is C31H42N4O7. The minimum absolute atomic E-state index is 0.0581. The fraction of sp³-hybridized carbons (Fsp3) is 0.581. The highest BCUT2D eigenvalue weighted by atomic mass is 16.3. The number of amides is 1. The van der Waals surface area contributed by atoms with Crippen LogP contribution in [0.1, 0.15) is 54.9 Å². The quantitative estimate of drug-likeness (QED) is 0.299. The second-order valence-corrected chi connectivity index (χ2v) is 12.5. The van der Waals surface area contributed by atoms with Gasteiger partial charge in [0, 0.05) is 24.1 Å². The van der Waals surface area contributed by atoms with Crippen LogP contribution in [-0.2, 0) is 16.0 Å². The number of benzene rings is 1. The number of nitrogens with zero attached hydrogens (tertiary/aromatic N) is 3. The third-order valence-electron chi connectivity index (χ3n) is 9.76. The highest BCUT2D eigenvalue weighted by Gasteiger charge is 2.63. The topological polar surface area (TPSA) is 168 Å². The third-order valence-corrected chi connectivity index (χ3v) is 9.76. The number of likely N-dealkylation sites (N-methyl/N-ethyl adjacent to an activating group) is 1. The van der Waals surface area contributed by atoms with Gasteiger partial charge in [0.2, 0.25) is 5.78 Å². The van der Waals surface area contributed by atoms with Gasteiger partial charge in [-0.15, -0.1) is 0 Å². The van der Waals surface area contributed by atoms with Crippen LogP contribution in [0.5, 0.6) is 5.75 Å². The maximum atomic E-state index is 14.1. The molecule has 1 fully saturated rings. The SMILES string of the molecule is CCCCN(c1ccc2c(c1O)C(=O)C1=C(O)C3(O)C(=O)C(C(N)=O)=C(O)C(N(C)C)C3CC1C2)C1CCN(C)CC1. The Kier molecular flexibility index (Phi) is 7.88. The first-order valence-corrected chi connectivity index (χ1v) is 14.8. The molecule has 0 saturated carbocycles. The van der Waals surface area contributed by atoms with E-state index in [0.29, 0.717) is 11.3 Å². The summed E-state index contributed by atoms with van der Waals surface area (Å²) in [5.41, 5.74) is 3.07. The van der Waals surface area contributed by atoms with E-state index in [-0.39, 0.29) is 35.8 Å². The lowest BCUT2D eigenvalue weighted by Crippen LogP contribution is -2.63. The molecule has 228 valence electrons. The van der Waals surface area contributed by atoms with Crippen molar-refractivity contribution in [3.63, 3.8) is 0 Å². The molecule has 1 heterocycles. The Morgan fingerprint density at radius 3 is 2.40 bits per heavy atom. The van der Waals surface area contributed by atoms with Crippen LogP contribution in [0, 0.1) is 11.8 Å². The number of primary amides is 1. The van der Waals surface area contributed by atoms with E-state index >= 15 is 0 Å². The van der Waals surface area contributed by atoms with Gasteiger partial charge in [-0.3, -0.25) is 19.3 Å². The lowest BCUT2D eigenvalue weighted by atomic mass is 9.58. The Hall–Kier alpha value is -3.41. The van der Waals surface area contributed by atoms with Gasteiger partial charge in [0.25, 0.3) is 5.91 Å². The van der Waals surface area contributed by atoms with Crippen molar-refractivity contribution in [2.75, 3.05) is 45.7 Å². The number of aliphatic hydroxyl groups is 3. The van der Waals surface area contributed by atoms with Crippen molar-refractivity contribution < 1.29 is 34.8 Å². The summed E-state index contributed by atoms with van der Waals surface area (Å²) in [6, 6.07) is 2.90. The van der Waals surface area contributed by atoms with Crippen LogP contribution in [0.2, 0.25) is 0 Å². The van der Waals surface area contributed by atoms with E-state index in [2.05, 4.69) is 23.8 Å². The zero-order valence-corrected chi connectivity index (χ0v) is 24.8. The summed E-state index contributed by atoms with van der Waals surface area (Å²) in [5.74, 6) is -6.32. The molecule has 4 atom stereocenters. The number of piperidine rings is 1. The molecule has 0 bridgehead atoms. The maximum absolute atomic E-state index is 14.1. The summed E-state index contributed by atoms with van der Waals surface area (Å²) in [6.07, 6.45) is 4.08. The van der Waals surface area contributed by atoms with Gasteiger partial charge in [0.05, 0.1) is 17.3 Å². The van der Waals surface area contributed by atoms with Crippen LogP contribution >= 0.6 is 0 Å². The van der Waals surface area contributed by atoms with Crippen LogP contribution in [-0.4, -0.2) is 106 Å². The number of fused-ring (bicyclic) bond motifs is 3. The van der Waals surface area contributed by atoms with E-state index in [9.17, 15) is 34.8 Å². The molecule has 1 aromatic carbocycles. The van der Waals surface area contributed by atoms with Gasteiger partial charge in [-0.1, -0.05) is 19.4 Å². The second kappa shape index (κ2) is 11.0. The van der Waals surface area contributed by atoms with Gasteiger partial charge in [-0.05, 0) is 83.9 Å². The van der Waals surface area contributed by atoms with Crippen LogP contribution in [0.15, 0.2) is 34.8 Å². The molecule has 1 aliphatic heterocycles. The predicted molar refractivity (Wildman–Crippen MR) is 156 cm³/mol. The fourth-order valence-electron chi connectivity index (χ4n) is 7.58. The number of likely N-dealkylation sites (tertiary alicyclic amines) is 1. The largest absolute Gasteiger partial charge is 0.510 e. The molecule has 6 N–H and O–H groups in total. The van der Waals surface area contributed by atoms with E-state index in [0.717, 1.165) is 45.3 Å². The van der Waals surface area contributed by atoms with Crippen molar-refractivity contribution >= 4 is 23.2 Å². The first-order valence-electron chi connectivity index (χ1n) is 14.8. The Labute approximate surface area is 245 Å². The number of carbonyl (C=O) groups excluding carboxylic acids is 3. The highest BCUT2D eigenvalue weighted by Crippen LogP contribution is 2.53. The number of anilines is 1. The van der Waals surface area contributed by atoms with Crippen LogP contribution in [0.3, 0.4) is 0 Å². The zero-order valence-electron chi connectivity index (χ0n) is 24.8. The molecule has 1 aromatic rings. The fourth-order valence-corrected chi connectivity index (χ4v) is 7.58. The van der Waals surface area contributed by atoms with Crippen LogP contribution in [0.4, 0.5) is 5.69 Å². The summed E-state index contributed by atoms with van der Waals surface area (Å²) in [4.78, 5) is 45.8. The molecule has 3 aliphatic carbocycles. The first kappa shape index (κ1) is 30.1. The van der Waals surface area contributed by atoms with E-state index in [1.807, 2.05) is 12.1 Å². The summed E-state index contributed by atoms with van der Waals surface area (Å²) < 4.78 is 0. The monoisotopic (exact) mass is 582 g/mol. The number of unbranched alkanes of at least 4 members (excludes halogenated alkanes) is 1. The summed E-state index contributed by atoms with van der Waals surface area (Å²) in [7, 11) is 5.31. The standard InChI is InChI=1S/C31H42N4O7/c1-5-6-11-35(18-9-12-34(4)13-10-18)20-8-7-16-14-17-15-19-24(33(2)3)27(38)23(30(32)41)29(40)31(19,42)28(39)22(17)26(37)21(16)25(20)36/h7-8,17-19,24,36,38-39,42H,5-6,9-15H2,1-4H3,(H2,32,41). The molecule has 5 rings (SSSR count). The Morgan fingerprint density at radius 1 is 1.14 bits per heavy atom. The molecule has 11 nitrogen and oxygen atoms in total. The third kappa shape index (κ3) is 4.49. The van der Waals surface area contributed by atoms with Gasteiger partial charge < -0.3 is 36.0 Å². The number of hydrogen-bond donors (Lipinski definition) is 5. The highest BCUT2D eigenvalue weighted by molar-refractivity contribution is 6.24. The van der Waals surface area contributed by atoms with E-state index < -0.39 is 58.0 Å². The lowest BCUT2D eigenvalue weighted by molar-refractivity contribution is -0.148. The number of phenols is 1. The molecule has 0 aromatic heterocycles. The van der Waals surface area contributed by atoms with Crippen LogP contribution in [0.25, 0.3) is 0 Å². The van der Waals surface area contributed by atoms with Crippen molar-refractivity contribution in [1.29, 1.82) is 0 Å². The Morgan fingerprint density at radius 2 is 1.81 bits per heavy atom. The number of aromatic hydroxyl groups is 1. The molecule has 0 radical (unpaired) electrons. The number of carbonyl (C=O) groups is 3. The van der Waals surface area contributed by atoms with Crippen LogP contribution < -0.4 is 10.6 Å². The molecule has 4 unspecified atom stereocenters. The summed E-state index contributed by atoms with van der Waals surface area (Å²) in [6.45, 7) is 4.68. The first-order chi connectivity index (χ1) is 19.8. The number of allylic oxidation sites excluding steroid dienone is 1. The minimum atomic E-state index is -2.64. The van der Waals surface area contributed by atoms with E-state index in [1.165, 1.54) is 0 Å². The average molecular weight is 583 g/mol. The summed E-state index contributed by atoms with van der Waals surface area (Å²) in [5, 5.41) is 45.9. The Bertz CT molecular complexity index is 1380.